The van der Waals surface area contributed by atoms with E-state index in [0.717, 1.165) is 40.1 Å². The highest BCUT2D eigenvalue weighted by atomic mass is 32.2. The molecule has 0 bridgehead atoms. The number of rotatable bonds is 12. The van der Waals surface area contributed by atoms with Gasteiger partial charge in [0.2, 0.25) is 0 Å². The summed E-state index contributed by atoms with van der Waals surface area (Å²) in [4.78, 5) is 15.5. The Hall–Kier alpha value is -2.20. The molecule has 0 spiro atoms. The zero-order valence-corrected chi connectivity index (χ0v) is 21.9. The van der Waals surface area contributed by atoms with Crippen molar-refractivity contribution in [1.29, 1.82) is 0 Å². The van der Waals surface area contributed by atoms with Crippen molar-refractivity contribution in [1.82, 2.24) is 9.84 Å². The number of carbonyl (C=O) groups is 1. The molecule has 0 aromatic heterocycles. The Balaban J connectivity index is 1.56. The summed E-state index contributed by atoms with van der Waals surface area (Å²) >= 11 is 6.30. The lowest BCUT2D eigenvalue weighted by molar-refractivity contribution is -0.123. The summed E-state index contributed by atoms with van der Waals surface area (Å²) in [5, 5.41) is 0.902. The van der Waals surface area contributed by atoms with E-state index in [9.17, 15) is 13.2 Å². The standard InChI is InChI=1S/C25H30N2O4S3/c1-3-4-5-6-7-8-17-31-21-13-11-20(12-14-21)18-23-24(28)27(25(32)33-23)26-34(29,30)22-15-9-19(2)10-16-22/h9-16,18,26H,3-8,17H2,1-2H3/b23-18-. The Labute approximate surface area is 211 Å². The van der Waals surface area contributed by atoms with Crippen LogP contribution in [0.1, 0.15) is 56.6 Å². The highest BCUT2D eigenvalue weighted by molar-refractivity contribution is 8.26. The quantitative estimate of drug-likeness (QED) is 0.216. The molecule has 1 N–H and O–H groups in total. The number of thiocarbonyl (C=S) groups is 1. The Kier molecular flexibility index (Phi) is 9.70. The monoisotopic (exact) mass is 518 g/mol. The number of carbonyl (C=O) groups excluding carboxylic acids is 1. The minimum Gasteiger partial charge on any atom is -0.494 e. The fraction of sp³-hybridized carbons (Fsp3) is 0.360. The molecule has 1 saturated heterocycles. The van der Waals surface area contributed by atoms with E-state index in [4.69, 9.17) is 17.0 Å². The molecule has 0 unspecified atom stereocenters. The van der Waals surface area contributed by atoms with Crippen LogP contribution in [-0.4, -0.2) is 30.3 Å². The minimum atomic E-state index is -3.94. The predicted octanol–water partition coefficient (Wildman–Crippen LogP) is 5.83. The smallest absolute Gasteiger partial charge is 0.281 e. The molecule has 2 aromatic rings. The van der Waals surface area contributed by atoms with E-state index in [2.05, 4.69) is 11.8 Å². The second kappa shape index (κ2) is 12.5. The maximum absolute atomic E-state index is 12.8. The van der Waals surface area contributed by atoms with Crippen LogP contribution < -0.4 is 9.57 Å². The number of benzene rings is 2. The van der Waals surface area contributed by atoms with E-state index in [1.807, 2.05) is 31.2 Å². The van der Waals surface area contributed by atoms with Gasteiger partial charge in [-0.15, -0.1) is 4.83 Å². The van der Waals surface area contributed by atoms with Crippen molar-refractivity contribution in [2.45, 2.75) is 57.3 Å². The van der Waals surface area contributed by atoms with Crippen molar-refractivity contribution in [2.24, 2.45) is 0 Å². The molecule has 0 saturated carbocycles. The van der Waals surface area contributed by atoms with Gasteiger partial charge in [-0.25, -0.2) is 13.4 Å². The largest absolute Gasteiger partial charge is 0.494 e. The van der Waals surface area contributed by atoms with E-state index in [-0.39, 0.29) is 9.22 Å². The Bertz CT molecular complexity index is 1130. The maximum Gasteiger partial charge on any atom is 0.281 e. The molecular weight excluding hydrogens is 488 g/mol. The molecular formula is C25H30N2O4S3. The first-order chi connectivity index (χ1) is 16.3. The summed E-state index contributed by atoms with van der Waals surface area (Å²) in [7, 11) is -3.94. The molecule has 0 aliphatic carbocycles. The number of hydrazine groups is 1. The van der Waals surface area contributed by atoms with Gasteiger partial charge in [-0.05, 0) is 49.2 Å². The van der Waals surface area contributed by atoms with Crippen molar-refractivity contribution in [3.8, 4) is 5.75 Å². The third-order valence-corrected chi connectivity index (χ3v) is 7.90. The molecule has 3 rings (SSSR count). The second-order valence-corrected chi connectivity index (χ2v) is 11.4. The summed E-state index contributed by atoms with van der Waals surface area (Å²) in [5.74, 6) is 0.276. The van der Waals surface area contributed by atoms with E-state index >= 15 is 0 Å². The predicted molar refractivity (Wildman–Crippen MR) is 142 cm³/mol. The zero-order valence-electron chi connectivity index (χ0n) is 19.5. The summed E-state index contributed by atoms with van der Waals surface area (Å²) in [5.41, 5.74) is 1.74. The first-order valence-corrected chi connectivity index (χ1v) is 14.1. The fourth-order valence-electron chi connectivity index (χ4n) is 3.32. The molecule has 0 atom stereocenters. The van der Waals surface area contributed by atoms with Crippen LogP contribution in [0.15, 0.2) is 58.3 Å². The molecule has 1 amide bonds. The number of amides is 1. The van der Waals surface area contributed by atoms with Gasteiger partial charge >= 0.3 is 0 Å². The molecule has 1 fully saturated rings. The van der Waals surface area contributed by atoms with Gasteiger partial charge in [0.25, 0.3) is 15.9 Å². The number of hydrogen-bond donors (Lipinski definition) is 1. The number of unbranched alkanes of at least 4 members (excludes halogenated alkanes) is 5. The lowest BCUT2D eigenvalue weighted by Crippen LogP contribution is -2.44. The normalized spacial score (nSPS) is 15.4. The number of aryl methyl sites for hydroxylation is 1. The number of thioether (sulfide) groups is 1. The number of hydrogen-bond acceptors (Lipinski definition) is 6. The van der Waals surface area contributed by atoms with Gasteiger partial charge in [-0.2, -0.15) is 0 Å². The van der Waals surface area contributed by atoms with Gasteiger partial charge in [0.15, 0.2) is 4.32 Å². The van der Waals surface area contributed by atoms with Gasteiger partial charge < -0.3 is 4.74 Å². The molecule has 2 aromatic carbocycles. The molecule has 9 heteroatoms. The van der Waals surface area contributed by atoms with Crippen molar-refractivity contribution >= 4 is 50.3 Å². The molecule has 34 heavy (non-hydrogen) atoms. The molecule has 6 nitrogen and oxygen atoms in total. The topological polar surface area (TPSA) is 75.7 Å². The number of sulfonamides is 1. The lowest BCUT2D eigenvalue weighted by Gasteiger charge is -2.16. The SMILES string of the molecule is CCCCCCCCOc1ccc(/C=C2\SC(=S)N(NS(=O)(=O)c3ccc(C)cc3)C2=O)cc1. The molecule has 0 radical (unpaired) electrons. The maximum atomic E-state index is 12.8. The van der Waals surface area contributed by atoms with Crippen LogP contribution >= 0.6 is 24.0 Å². The van der Waals surface area contributed by atoms with Gasteiger partial charge in [0.1, 0.15) is 5.75 Å². The Morgan fingerprint density at radius 3 is 2.32 bits per heavy atom. The highest BCUT2D eigenvalue weighted by Crippen LogP contribution is 2.32. The number of nitrogens with one attached hydrogen (secondary N) is 1. The van der Waals surface area contributed by atoms with Gasteiger partial charge in [0.05, 0.1) is 16.4 Å². The number of nitrogens with zero attached hydrogens (tertiary/aromatic N) is 1. The van der Waals surface area contributed by atoms with Crippen LogP contribution in [0.3, 0.4) is 0 Å². The average molecular weight is 519 g/mol. The third kappa shape index (κ3) is 7.40. The van der Waals surface area contributed by atoms with Gasteiger partial charge in [-0.1, -0.05) is 92.8 Å². The second-order valence-electron chi connectivity index (χ2n) is 8.11. The summed E-state index contributed by atoms with van der Waals surface area (Å²) in [6.07, 6.45) is 8.97. The van der Waals surface area contributed by atoms with Crippen LogP contribution in [0, 0.1) is 6.92 Å². The number of ether oxygens (including phenoxy) is 1. The summed E-state index contributed by atoms with van der Waals surface area (Å²) in [6.45, 7) is 4.76. The van der Waals surface area contributed by atoms with Crippen LogP contribution in [0.25, 0.3) is 6.08 Å². The highest BCUT2D eigenvalue weighted by Gasteiger charge is 2.35. The van der Waals surface area contributed by atoms with E-state index in [1.165, 1.54) is 44.2 Å². The summed E-state index contributed by atoms with van der Waals surface area (Å²) in [6, 6.07) is 13.8. The van der Waals surface area contributed by atoms with E-state index in [0.29, 0.717) is 11.5 Å². The van der Waals surface area contributed by atoms with E-state index in [1.54, 1.807) is 18.2 Å². The van der Waals surface area contributed by atoms with Crippen molar-refractivity contribution in [3.63, 3.8) is 0 Å². The fourth-order valence-corrected chi connectivity index (χ4v) is 5.63. The van der Waals surface area contributed by atoms with Gasteiger partial charge in [-0.3, -0.25) is 4.79 Å². The van der Waals surface area contributed by atoms with Crippen LogP contribution in [0.4, 0.5) is 0 Å². The average Bonchev–Trinajstić information content (AvgIpc) is 3.07. The van der Waals surface area contributed by atoms with Crippen LogP contribution in [0.5, 0.6) is 5.75 Å². The lowest BCUT2D eigenvalue weighted by atomic mass is 10.1. The molecule has 1 aliphatic heterocycles. The molecule has 182 valence electrons. The summed E-state index contributed by atoms with van der Waals surface area (Å²) < 4.78 is 31.2. The van der Waals surface area contributed by atoms with Crippen molar-refractivity contribution in [2.75, 3.05) is 6.61 Å². The van der Waals surface area contributed by atoms with Crippen molar-refractivity contribution < 1.29 is 17.9 Å². The molecule has 1 aliphatic rings. The Morgan fingerprint density at radius 1 is 1.00 bits per heavy atom. The minimum absolute atomic E-state index is 0.0627. The van der Waals surface area contributed by atoms with Crippen LogP contribution in [0.2, 0.25) is 0 Å². The first kappa shape index (κ1) is 26.4. The third-order valence-electron chi connectivity index (χ3n) is 5.28. The van der Waals surface area contributed by atoms with Gasteiger partial charge in [0, 0.05) is 0 Å². The molecule has 1 heterocycles. The van der Waals surface area contributed by atoms with Crippen LogP contribution in [-0.2, 0) is 14.8 Å². The zero-order chi connectivity index (χ0) is 24.6. The van der Waals surface area contributed by atoms with Crippen molar-refractivity contribution in [3.05, 3.63) is 64.6 Å². The van der Waals surface area contributed by atoms with E-state index < -0.39 is 15.9 Å². The first-order valence-electron chi connectivity index (χ1n) is 11.4. The Morgan fingerprint density at radius 2 is 1.65 bits per heavy atom.